The van der Waals surface area contributed by atoms with Gasteiger partial charge in [0.25, 0.3) is 0 Å². The molecule has 2 aliphatic carbocycles. The summed E-state index contributed by atoms with van der Waals surface area (Å²) in [4.78, 5) is 11.4. The van der Waals surface area contributed by atoms with Crippen LogP contribution in [0.4, 0.5) is 0 Å². The molecule has 5 nitrogen and oxygen atoms in total. The quantitative estimate of drug-likeness (QED) is 0.891. The van der Waals surface area contributed by atoms with Gasteiger partial charge in [0.15, 0.2) is 0 Å². The smallest absolute Gasteiger partial charge is 0.307 e. The van der Waals surface area contributed by atoms with E-state index in [1.54, 1.807) is 0 Å². The molecule has 0 spiro atoms. The van der Waals surface area contributed by atoms with Gasteiger partial charge in [-0.25, -0.2) is 0 Å². The van der Waals surface area contributed by atoms with Crippen LogP contribution in [-0.4, -0.2) is 25.8 Å². The van der Waals surface area contributed by atoms with E-state index in [1.807, 2.05) is 6.92 Å². The van der Waals surface area contributed by atoms with E-state index >= 15 is 0 Å². The number of carbonyl (C=O) groups is 1. The second kappa shape index (κ2) is 4.07. The highest BCUT2D eigenvalue weighted by atomic mass is 16.4. The van der Waals surface area contributed by atoms with Crippen molar-refractivity contribution in [2.24, 2.45) is 11.8 Å². The number of carboxylic acid groups (broad SMARTS) is 1. The molecule has 1 heterocycles. The summed E-state index contributed by atoms with van der Waals surface area (Å²) in [5, 5.41) is 17.8. The SMILES string of the molecule is Cc1nnc(C2CC(C)CC2C(=O)O)n1C1CC1. The van der Waals surface area contributed by atoms with Gasteiger partial charge < -0.3 is 9.67 Å². The van der Waals surface area contributed by atoms with Crippen molar-refractivity contribution in [1.29, 1.82) is 0 Å². The molecule has 1 aromatic heterocycles. The van der Waals surface area contributed by atoms with E-state index < -0.39 is 5.97 Å². The van der Waals surface area contributed by atoms with Crippen LogP contribution in [0.2, 0.25) is 0 Å². The van der Waals surface area contributed by atoms with Gasteiger partial charge in [0.2, 0.25) is 0 Å². The Morgan fingerprint density at radius 2 is 2.06 bits per heavy atom. The molecule has 98 valence electrons. The molecular formula is C13H19N3O2. The predicted molar refractivity (Wildman–Crippen MR) is 65.3 cm³/mol. The monoisotopic (exact) mass is 249 g/mol. The normalized spacial score (nSPS) is 31.8. The molecular weight excluding hydrogens is 230 g/mol. The minimum absolute atomic E-state index is 0.0410. The maximum atomic E-state index is 11.4. The average molecular weight is 249 g/mol. The largest absolute Gasteiger partial charge is 0.481 e. The minimum atomic E-state index is -0.688. The van der Waals surface area contributed by atoms with E-state index in [0.717, 1.165) is 24.5 Å². The van der Waals surface area contributed by atoms with Gasteiger partial charge >= 0.3 is 5.97 Å². The highest BCUT2D eigenvalue weighted by Crippen LogP contribution is 2.45. The predicted octanol–water partition coefficient (Wildman–Crippen LogP) is 2.14. The maximum absolute atomic E-state index is 11.4. The third-order valence-corrected chi connectivity index (χ3v) is 4.25. The van der Waals surface area contributed by atoms with Gasteiger partial charge in [-0.05, 0) is 38.5 Å². The van der Waals surface area contributed by atoms with E-state index in [-0.39, 0.29) is 11.8 Å². The molecule has 1 N–H and O–H groups in total. The molecule has 1 aromatic rings. The van der Waals surface area contributed by atoms with E-state index in [9.17, 15) is 9.90 Å². The van der Waals surface area contributed by atoms with Crippen LogP contribution in [0, 0.1) is 18.8 Å². The Bertz CT molecular complexity index is 479. The second-order valence-electron chi connectivity index (χ2n) is 5.83. The van der Waals surface area contributed by atoms with Crippen LogP contribution < -0.4 is 0 Å². The first-order valence-corrected chi connectivity index (χ1v) is 6.72. The van der Waals surface area contributed by atoms with Crippen LogP contribution >= 0.6 is 0 Å². The molecule has 0 aliphatic heterocycles. The lowest BCUT2D eigenvalue weighted by molar-refractivity contribution is -0.142. The molecule has 2 saturated carbocycles. The zero-order valence-corrected chi connectivity index (χ0v) is 10.8. The van der Waals surface area contributed by atoms with Crippen LogP contribution in [0.1, 0.15) is 56.2 Å². The summed E-state index contributed by atoms with van der Waals surface area (Å²) in [5.74, 6) is 1.36. The highest BCUT2D eigenvalue weighted by molar-refractivity contribution is 5.71. The van der Waals surface area contributed by atoms with Gasteiger partial charge in [-0.15, -0.1) is 10.2 Å². The van der Waals surface area contributed by atoms with Crippen molar-refractivity contribution in [3.05, 3.63) is 11.6 Å². The summed E-state index contributed by atoms with van der Waals surface area (Å²) in [7, 11) is 0. The number of aryl methyl sites for hydroxylation is 1. The highest BCUT2D eigenvalue weighted by Gasteiger charge is 2.42. The number of rotatable bonds is 3. The summed E-state index contributed by atoms with van der Waals surface area (Å²) in [5.41, 5.74) is 0. The Balaban J connectivity index is 1.96. The topological polar surface area (TPSA) is 68.0 Å². The lowest BCUT2D eigenvalue weighted by Crippen LogP contribution is -2.20. The Kier molecular flexibility index (Phi) is 2.64. The fraction of sp³-hybridized carbons (Fsp3) is 0.769. The van der Waals surface area contributed by atoms with E-state index in [0.29, 0.717) is 12.0 Å². The first-order chi connectivity index (χ1) is 8.58. The van der Waals surface area contributed by atoms with Crippen molar-refractivity contribution in [3.63, 3.8) is 0 Å². The van der Waals surface area contributed by atoms with Crippen molar-refractivity contribution in [2.45, 2.75) is 51.5 Å². The Hall–Kier alpha value is -1.39. The molecule has 0 radical (unpaired) electrons. The van der Waals surface area contributed by atoms with Crippen LogP contribution in [0.5, 0.6) is 0 Å². The van der Waals surface area contributed by atoms with Crippen molar-refractivity contribution in [1.82, 2.24) is 14.8 Å². The van der Waals surface area contributed by atoms with Gasteiger partial charge in [-0.1, -0.05) is 6.92 Å². The number of hydrogen-bond acceptors (Lipinski definition) is 3. The molecule has 18 heavy (non-hydrogen) atoms. The van der Waals surface area contributed by atoms with Crippen LogP contribution in [0.3, 0.4) is 0 Å². The summed E-state index contributed by atoms with van der Waals surface area (Å²) < 4.78 is 2.18. The van der Waals surface area contributed by atoms with E-state index in [4.69, 9.17) is 0 Å². The third kappa shape index (κ3) is 1.82. The molecule has 0 saturated heterocycles. The first-order valence-electron chi connectivity index (χ1n) is 6.72. The standard InChI is InChI=1S/C13H19N3O2/c1-7-5-10(11(6-7)13(17)18)12-15-14-8(2)16(12)9-3-4-9/h7,9-11H,3-6H2,1-2H3,(H,17,18). The molecule has 3 unspecified atom stereocenters. The molecule has 3 rings (SSSR count). The Morgan fingerprint density at radius 3 is 2.67 bits per heavy atom. The van der Waals surface area contributed by atoms with Crippen LogP contribution in [-0.2, 0) is 4.79 Å². The number of aliphatic carboxylic acids is 1. The van der Waals surface area contributed by atoms with Crippen molar-refractivity contribution < 1.29 is 9.90 Å². The van der Waals surface area contributed by atoms with Gasteiger partial charge in [0.1, 0.15) is 11.6 Å². The molecule has 0 amide bonds. The molecule has 5 heteroatoms. The third-order valence-electron chi connectivity index (χ3n) is 4.25. The number of aromatic nitrogens is 3. The molecule has 3 atom stereocenters. The lowest BCUT2D eigenvalue weighted by Gasteiger charge is -2.16. The van der Waals surface area contributed by atoms with Crippen LogP contribution in [0.25, 0.3) is 0 Å². The average Bonchev–Trinajstić information content (AvgIpc) is 2.96. The zero-order valence-electron chi connectivity index (χ0n) is 10.8. The van der Waals surface area contributed by atoms with Gasteiger partial charge in [-0.3, -0.25) is 4.79 Å². The minimum Gasteiger partial charge on any atom is -0.481 e. The second-order valence-corrected chi connectivity index (χ2v) is 5.83. The number of carboxylic acids is 1. The fourth-order valence-electron chi connectivity index (χ4n) is 3.27. The first kappa shape index (κ1) is 11.7. The van der Waals surface area contributed by atoms with E-state index in [1.165, 1.54) is 12.8 Å². The number of nitrogens with zero attached hydrogens (tertiary/aromatic N) is 3. The van der Waals surface area contributed by atoms with Gasteiger partial charge in [0.05, 0.1) is 5.92 Å². The lowest BCUT2D eigenvalue weighted by atomic mass is 9.95. The summed E-state index contributed by atoms with van der Waals surface area (Å²) >= 11 is 0. The van der Waals surface area contributed by atoms with Crippen molar-refractivity contribution in [2.75, 3.05) is 0 Å². The van der Waals surface area contributed by atoms with Crippen LogP contribution in [0.15, 0.2) is 0 Å². The fourth-order valence-corrected chi connectivity index (χ4v) is 3.27. The van der Waals surface area contributed by atoms with E-state index in [2.05, 4.69) is 21.7 Å². The van der Waals surface area contributed by atoms with Crippen molar-refractivity contribution in [3.8, 4) is 0 Å². The molecule has 0 aromatic carbocycles. The Labute approximate surface area is 106 Å². The van der Waals surface area contributed by atoms with Gasteiger partial charge in [-0.2, -0.15) is 0 Å². The molecule has 0 bridgehead atoms. The maximum Gasteiger partial charge on any atom is 0.307 e. The summed E-state index contributed by atoms with van der Waals surface area (Å²) in [6.45, 7) is 4.09. The molecule has 2 aliphatic rings. The summed E-state index contributed by atoms with van der Waals surface area (Å²) in [6.07, 6.45) is 4.02. The Morgan fingerprint density at radius 1 is 1.33 bits per heavy atom. The van der Waals surface area contributed by atoms with Gasteiger partial charge in [0, 0.05) is 12.0 Å². The van der Waals surface area contributed by atoms with Crippen molar-refractivity contribution >= 4 is 5.97 Å². The zero-order chi connectivity index (χ0) is 12.9. The molecule has 2 fully saturated rings. The summed E-state index contributed by atoms with van der Waals surface area (Å²) in [6, 6.07) is 0.514. The number of hydrogen-bond donors (Lipinski definition) is 1.